The average molecular weight is 613 g/mol. The molecule has 2 aliphatic carbocycles. The molecule has 7 rings (SSSR count). The minimum absolute atomic E-state index is 0.0143. The molecule has 0 amide bonds. The Labute approximate surface area is 236 Å². The second kappa shape index (κ2) is 9.02. The van der Waals surface area contributed by atoms with Gasteiger partial charge < -0.3 is 24.8 Å². The number of primary sulfonamides is 1. The molecule has 2 aromatic rings. The molecule has 2 bridgehead atoms. The molecule has 2 aromatic carbocycles. The molecule has 2 fully saturated rings. The van der Waals surface area contributed by atoms with E-state index in [4.69, 9.17) is 26.2 Å². The number of hydrogen-bond acceptors (Lipinski definition) is 10. The zero-order valence-electron chi connectivity index (χ0n) is 21.7. The van der Waals surface area contributed by atoms with Gasteiger partial charge >= 0.3 is 0 Å². The zero-order valence-corrected chi connectivity index (χ0v) is 24.1. The molecule has 3 aliphatic heterocycles. The number of ether oxygens (including phenoxy) is 2. The lowest BCUT2D eigenvalue weighted by Crippen LogP contribution is -2.76. The van der Waals surface area contributed by atoms with E-state index >= 15 is 0 Å². The molecule has 3 heterocycles. The maximum absolute atomic E-state index is 12.7. The predicted molar refractivity (Wildman–Crippen MR) is 145 cm³/mol. The van der Waals surface area contributed by atoms with Crippen molar-refractivity contribution >= 4 is 43.1 Å². The van der Waals surface area contributed by atoms with Crippen LogP contribution in [-0.4, -0.2) is 77.7 Å². The highest BCUT2D eigenvalue weighted by molar-refractivity contribution is 7.90. The van der Waals surface area contributed by atoms with E-state index in [-0.39, 0.29) is 34.1 Å². The first-order chi connectivity index (χ1) is 18.7. The summed E-state index contributed by atoms with van der Waals surface area (Å²) < 4.78 is 59.5. The van der Waals surface area contributed by atoms with Crippen LogP contribution in [0.3, 0.4) is 0 Å². The maximum atomic E-state index is 12.7. The van der Waals surface area contributed by atoms with Crippen molar-refractivity contribution in [1.82, 2.24) is 9.62 Å². The van der Waals surface area contributed by atoms with Crippen molar-refractivity contribution in [2.75, 3.05) is 32.7 Å². The maximum Gasteiger partial charge on any atom is 0.244 e. The first-order valence-corrected chi connectivity index (χ1v) is 16.1. The Morgan fingerprint density at radius 1 is 1.27 bits per heavy atom. The standard InChI is InChI=1S/C18H21NO4.C7H8ClN3O4S2/c1-19-8-7-17-14-10-3-4-12(22-2)15(14)23-16(17)11(20)5-6-18(17,21)13(19)9-10;8-4-1-5-7(2-6(4)16(9,12)13)17(14,15)11-3-10-5/h3-4,13,16,21H,5-9H2,1-2H3;1-2,10-11H,3H2,(H2,9,12,13)/t13-,16+,17+,18-;/m1./s1. The van der Waals surface area contributed by atoms with Gasteiger partial charge in [-0.05, 0) is 56.6 Å². The Morgan fingerprint density at radius 2 is 2.02 bits per heavy atom. The molecule has 0 radical (unpaired) electrons. The molecule has 1 saturated carbocycles. The lowest BCUT2D eigenvalue weighted by molar-refractivity contribution is -0.185. The fraction of sp³-hybridized carbons (Fsp3) is 0.480. The molecule has 12 nitrogen and oxygen atoms in total. The molecule has 1 saturated heterocycles. The molecular weight excluding hydrogens is 584 g/mol. The lowest BCUT2D eigenvalue weighted by atomic mass is 9.49. The van der Waals surface area contributed by atoms with Crippen LogP contribution < -0.4 is 24.7 Å². The summed E-state index contributed by atoms with van der Waals surface area (Å²) in [5, 5.41) is 19.3. The Kier molecular flexibility index (Phi) is 6.24. The van der Waals surface area contributed by atoms with E-state index in [0.717, 1.165) is 31.0 Å². The van der Waals surface area contributed by atoms with Crippen molar-refractivity contribution in [1.29, 1.82) is 0 Å². The first-order valence-electron chi connectivity index (χ1n) is 12.7. The largest absolute Gasteiger partial charge is 0.493 e. The third-order valence-electron chi connectivity index (χ3n) is 8.90. The van der Waals surface area contributed by atoms with Gasteiger partial charge in [-0.3, -0.25) is 4.79 Å². The molecule has 216 valence electrons. The number of benzene rings is 2. The number of sulfonamides is 2. The molecule has 15 heteroatoms. The van der Waals surface area contributed by atoms with Gasteiger partial charge in [-0.1, -0.05) is 17.7 Å². The van der Waals surface area contributed by atoms with Crippen LogP contribution in [0.1, 0.15) is 30.4 Å². The summed E-state index contributed by atoms with van der Waals surface area (Å²) in [5.41, 5.74) is 0.974. The van der Waals surface area contributed by atoms with E-state index in [1.165, 1.54) is 11.6 Å². The molecule has 0 aromatic heterocycles. The molecular formula is C25H29ClN4O8S2. The number of methoxy groups -OCH3 is 1. The highest BCUT2D eigenvalue weighted by Gasteiger charge is 2.72. The minimum Gasteiger partial charge on any atom is -0.493 e. The van der Waals surface area contributed by atoms with E-state index in [2.05, 4.69) is 28.1 Å². The van der Waals surface area contributed by atoms with Gasteiger partial charge in [0.05, 0.1) is 35.5 Å². The number of likely N-dealkylation sites (N-methyl/N-ethyl adjacent to an activating group) is 1. The zero-order chi connectivity index (χ0) is 28.8. The number of carbonyl (C=O) groups excluding carboxylic acids is 1. The number of anilines is 1. The van der Waals surface area contributed by atoms with Crippen LogP contribution in [0.5, 0.6) is 11.5 Å². The summed E-state index contributed by atoms with van der Waals surface area (Å²) in [7, 11) is -4.11. The number of hydrogen-bond donors (Lipinski definition) is 4. The lowest BCUT2D eigenvalue weighted by Gasteiger charge is -2.62. The molecule has 1 spiro atoms. The van der Waals surface area contributed by atoms with Gasteiger partial charge in [0.15, 0.2) is 23.4 Å². The van der Waals surface area contributed by atoms with Gasteiger partial charge in [-0.25, -0.2) is 22.0 Å². The number of likely N-dealkylation sites (tertiary alicyclic amines) is 1. The number of rotatable bonds is 2. The molecule has 0 unspecified atom stereocenters. The number of carbonyl (C=O) groups is 1. The monoisotopic (exact) mass is 612 g/mol. The van der Waals surface area contributed by atoms with E-state index in [0.29, 0.717) is 24.3 Å². The van der Waals surface area contributed by atoms with Crippen LogP contribution in [0, 0.1) is 0 Å². The van der Waals surface area contributed by atoms with Crippen LogP contribution in [-0.2, 0) is 36.7 Å². The number of ketones is 1. The van der Waals surface area contributed by atoms with Crippen molar-refractivity contribution in [3.05, 3.63) is 40.4 Å². The number of piperidine rings is 1. The number of nitrogens with two attached hydrogens (primary N) is 1. The second-order valence-electron chi connectivity index (χ2n) is 10.8. The normalized spacial score (nSPS) is 31.1. The van der Waals surface area contributed by atoms with Gasteiger partial charge in [0, 0.05) is 18.0 Å². The number of halogens is 1. The third-order valence-corrected chi connectivity index (χ3v) is 11.7. The number of Topliss-reactive ketones (excluding diaryl/α,β-unsaturated/α-hetero) is 1. The van der Waals surface area contributed by atoms with E-state index in [1.807, 2.05) is 6.07 Å². The molecule has 40 heavy (non-hydrogen) atoms. The second-order valence-corrected chi connectivity index (χ2v) is 14.4. The third kappa shape index (κ3) is 3.74. The van der Waals surface area contributed by atoms with Crippen LogP contribution in [0.2, 0.25) is 5.02 Å². The van der Waals surface area contributed by atoms with Crippen LogP contribution in [0.4, 0.5) is 5.69 Å². The van der Waals surface area contributed by atoms with Crippen molar-refractivity contribution in [3.63, 3.8) is 0 Å². The minimum atomic E-state index is -4.07. The molecule has 5 N–H and O–H groups in total. The van der Waals surface area contributed by atoms with Gasteiger partial charge in [0.1, 0.15) is 9.79 Å². The summed E-state index contributed by atoms with van der Waals surface area (Å²) >= 11 is 5.72. The van der Waals surface area contributed by atoms with E-state index in [9.17, 15) is 26.7 Å². The quantitative estimate of drug-likeness (QED) is 0.377. The summed E-state index contributed by atoms with van der Waals surface area (Å²) in [6.07, 6.45) is 1.89. The smallest absolute Gasteiger partial charge is 0.244 e. The predicted octanol–water partition coefficient (Wildman–Crippen LogP) is 0.697. The van der Waals surface area contributed by atoms with Gasteiger partial charge in [0.25, 0.3) is 0 Å². The van der Waals surface area contributed by atoms with Gasteiger partial charge in [-0.15, -0.1) is 0 Å². The van der Waals surface area contributed by atoms with Crippen molar-refractivity contribution in [2.45, 2.75) is 58.6 Å². The first kappa shape index (κ1) is 27.7. The molecule has 5 aliphatic rings. The number of fused-ring (bicyclic) bond motifs is 1. The van der Waals surface area contributed by atoms with E-state index < -0.39 is 42.1 Å². The fourth-order valence-corrected chi connectivity index (χ4v) is 9.39. The van der Waals surface area contributed by atoms with Crippen LogP contribution >= 0.6 is 11.6 Å². The SMILES string of the molecule is COc1ccc2c3c1O[C@H]1C(=O)CC[C@@]4(O)[C@@H](C2)N(C)CC[C@]314.NS(=O)(=O)c1cc2c(cc1Cl)NCNS2(=O)=O. The summed E-state index contributed by atoms with van der Waals surface area (Å²) in [6.45, 7) is 0.886. The number of nitrogens with zero attached hydrogens (tertiary/aromatic N) is 1. The van der Waals surface area contributed by atoms with Crippen LogP contribution in [0.15, 0.2) is 34.1 Å². The summed E-state index contributed by atoms with van der Waals surface area (Å²) in [5.74, 6) is 1.47. The summed E-state index contributed by atoms with van der Waals surface area (Å²) in [6, 6.07) is 6.20. The Balaban J connectivity index is 0.000000152. The highest BCUT2D eigenvalue weighted by Crippen LogP contribution is 2.64. The number of nitrogens with one attached hydrogen (secondary N) is 2. The summed E-state index contributed by atoms with van der Waals surface area (Å²) in [4.78, 5) is 14.3. The van der Waals surface area contributed by atoms with Gasteiger partial charge in [0.2, 0.25) is 20.0 Å². The number of aliphatic hydroxyl groups is 1. The fourth-order valence-electron chi connectivity index (χ4n) is 7.10. The Morgan fingerprint density at radius 3 is 2.73 bits per heavy atom. The van der Waals surface area contributed by atoms with Crippen LogP contribution in [0.25, 0.3) is 0 Å². The van der Waals surface area contributed by atoms with E-state index in [1.54, 1.807) is 7.11 Å². The Bertz CT molecular complexity index is 1670. The Hall–Kier alpha value is -2.46. The van der Waals surface area contributed by atoms with Crippen molar-refractivity contribution in [3.8, 4) is 11.5 Å². The highest BCUT2D eigenvalue weighted by atomic mass is 35.5. The van der Waals surface area contributed by atoms with Crippen molar-refractivity contribution < 1.29 is 36.2 Å². The topological polar surface area (TPSA) is 177 Å². The van der Waals surface area contributed by atoms with Gasteiger partial charge in [-0.2, -0.15) is 4.72 Å². The molecule has 4 atom stereocenters. The average Bonchev–Trinajstić information content (AvgIpc) is 3.24. The van der Waals surface area contributed by atoms with Crippen molar-refractivity contribution in [2.24, 2.45) is 5.14 Å².